The lowest BCUT2D eigenvalue weighted by Crippen LogP contribution is -2.50. The maximum absolute atomic E-state index is 13.7. The highest BCUT2D eigenvalue weighted by Gasteiger charge is 2.44. The van der Waals surface area contributed by atoms with Gasteiger partial charge in [-0.15, -0.1) is 0 Å². The fraction of sp³-hybridized carbons (Fsp3) is 0.481. The summed E-state index contributed by atoms with van der Waals surface area (Å²) < 4.78 is 27.5. The van der Waals surface area contributed by atoms with E-state index in [0.29, 0.717) is 5.56 Å². The van der Waals surface area contributed by atoms with E-state index in [2.05, 4.69) is 35.8 Å². The molecule has 0 aliphatic heterocycles. The lowest BCUT2D eigenvalue weighted by atomic mass is 9.98. The Morgan fingerprint density at radius 1 is 1.06 bits per heavy atom. The number of nitrogens with one attached hydrogen (secondary N) is 2. The number of halogens is 2. The number of carbonyl (C=O) groups excluding carboxylic acids is 2. The van der Waals surface area contributed by atoms with Crippen molar-refractivity contribution in [1.29, 1.82) is 0 Å². The molecule has 6 nitrogen and oxygen atoms in total. The van der Waals surface area contributed by atoms with Crippen LogP contribution in [0.3, 0.4) is 0 Å². The predicted octanol–water partition coefficient (Wildman–Crippen LogP) is 3.06. The first-order valence-corrected chi connectivity index (χ1v) is 12.1. The van der Waals surface area contributed by atoms with Gasteiger partial charge in [0, 0.05) is 45.1 Å². The van der Waals surface area contributed by atoms with E-state index in [1.54, 1.807) is 14.1 Å². The van der Waals surface area contributed by atoms with Crippen molar-refractivity contribution in [3.63, 3.8) is 0 Å². The summed E-state index contributed by atoms with van der Waals surface area (Å²) in [4.78, 5) is 25.8. The second kappa shape index (κ2) is 11.7. The highest BCUT2D eigenvalue weighted by atomic mass is 19.1. The standard InChI is InChI=1S/C27H35F2N3O3/c1-4-18-6-5-7-20(12-18)27(10-11-27)30-17-24(33)23(15-19-13-21(28)16-22(29)14-19)31-25(34)8-9-26(35)32(2)3/h5-7,12-14,16,23-24,30,33H,4,8-11,15,17H2,1-3H3,(H,31,34). The minimum absolute atomic E-state index is 0.0331. The molecule has 3 N–H and O–H groups in total. The van der Waals surface area contributed by atoms with Crippen molar-refractivity contribution in [3.05, 3.63) is 70.8 Å². The first-order chi connectivity index (χ1) is 16.6. The summed E-state index contributed by atoms with van der Waals surface area (Å²) in [6, 6.07) is 10.7. The molecule has 2 atom stereocenters. The van der Waals surface area contributed by atoms with E-state index in [9.17, 15) is 23.5 Å². The third-order valence-corrected chi connectivity index (χ3v) is 6.54. The molecule has 2 aromatic carbocycles. The summed E-state index contributed by atoms with van der Waals surface area (Å²) in [6.07, 6.45) is 1.83. The molecule has 3 rings (SSSR count). The molecular formula is C27H35F2N3O3. The maximum atomic E-state index is 13.7. The molecular weight excluding hydrogens is 452 g/mol. The van der Waals surface area contributed by atoms with Gasteiger partial charge in [0.2, 0.25) is 11.8 Å². The minimum Gasteiger partial charge on any atom is -0.390 e. The Balaban J connectivity index is 1.69. The molecule has 8 heteroatoms. The zero-order chi connectivity index (χ0) is 25.6. The van der Waals surface area contributed by atoms with E-state index in [0.717, 1.165) is 25.3 Å². The molecule has 35 heavy (non-hydrogen) atoms. The zero-order valence-corrected chi connectivity index (χ0v) is 20.6. The van der Waals surface area contributed by atoms with E-state index in [-0.39, 0.29) is 37.3 Å². The zero-order valence-electron chi connectivity index (χ0n) is 20.6. The average Bonchev–Trinajstić information content (AvgIpc) is 3.61. The van der Waals surface area contributed by atoms with E-state index in [1.165, 1.54) is 28.2 Å². The van der Waals surface area contributed by atoms with Crippen LogP contribution in [0.15, 0.2) is 42.5 Å². The number of nitrogens with zero attached hydrogens (tertiary/aromatic N) is 1. The molecule has 1 aliphatic carbocycles. The molecule has 2 unspecified atom stereocenters. The summed E-state index contributed by atoms with van der Waals surface area (Å²) in [5, 5.41) is 17.2. The molecule has 1 saturated carbocycles. The van der Waals surface area contributed by atoms with Crippen molar-refractivity contribution in [1.82, 2.24) is 15.5 Å². The van der Waals surface area contributed by atoms with Crippen LogP contribution in [0.25, 0.3) is 0 Å². The van der Waals surface area contributed by atoms with Crippen LogP contribution in [-0.4, -0.2) is 54.6 Å². The lowest BCUT2D eigenvalue weighted by Gasteiger charge is -2.27. The Morgan fingerprint density at radius 2 is 1.74 bits per heavy atom. The second-order valence-electron chi connectivity index (χ2n) is 9.53. The average molecular weight is 488 g/mol. The van der Waals surface area contributed by atoms with Gasteiger partial charge in [0.15, 0.2) is 0 Å². The monoisotopic (exact) mass is 487 g/mol. The van der Waals surface area contributed by atoms with Gasteiger partial charge >= 0.3 is 0 Å². The maximum Gasteiger partial charge on any atom is 0.222 e. The van der Waals surface area contributed by atoms with Crippen molar-refractivity contribution in [2.24, 2.45) is 0 Å². The molecule has 2 amide bonds. The molecule has 0 bridgehead atoms. The summed E-state index contributed by atoms with van der Waals surface area (Å²) in [5.41, 5.74) is 2.51. The van der Waals surface area contributed by atoms with E-state index >= 15 is 0 Å². The fourth-order valence-corrected chi connectivity index (χ4v) is 4.21. The highest BCUT2D eigenvalue weighted by molar-refractivity contribution is 5.83. The van der Waals surface area contributed by atoms with E-state index in [4.69, 9.17) is 0 Å². The predicted molar refractivity (Wildman–Crippen MR) is 131 cm³/mol. The van der Waals surface area contributed by atoms with Gasteiger partial charge in [0.05, 0.1) is 12.1 Å². The van der Waals surface area contributed by atoms with Crippen LogP contribution >= 0.6 is 0 Å². The Morgan fingerprint density at radius 3 is 2.34 bits per heavy atom. The van der Waals surface area contributed by atoms with Crippen molar-refractivity contribution in [3.8, 4) is 0 Å². The molecule has 1 aliphatic rings. The first-order valence-electron chi connectivity index (χ1n) is 12.1. The van der Waals surface area contributed by atoms with Crippen LogP contribution in [0.1, 0.15) is 49.3 Å². The van der Waals surface area contributed by atoms with Gasteiger partial charge in [-0.3, -0.25) is 9.59 Å². The third-order valence-electron chi connectivity index (χ3n) is 6.54. The van der Waals surface area contributed by atoms with Crippen LogP contribution < -0.4 is 10.6 Å². The topological polar surface area (TPSA) is 81.7 Å². The molecule has 0 spiro atoms. The molecule has 1 fully saturated rings. The van der Waals surface area contributed by atoms with E-state index < -0.39 is 29.7 Å². The van der Waals surface area contributed by atoms with Crippen LogP contribution in [0, 0.1) is 11.6 Å². The molecule has 2 aromatic rings. The molecule has 0 radical (unpaired) electrons. The van der Waals surface area contributed by atoms with Gasteiger partial charge in [0.25, 0.3) is 0 Å². The van der Waals surface area contributed by atoms with Crippen LogP contribution in [-0.2, 0) is 28.0 Å². The number of hydrogen-bond acceptors (Lipinski definition) is 4. The van der Waals surface area contributed by atoms with Gasteiger partial charge in [-0.2, -0.15) is 0 Å². The largest absolute Gasteiger partial charge is 0.390 e. The molecule has 0 aromatic heterocycles. The Hall–Kier alpha value is -2.84. The fourth-order valence-electron chi connectivity index (χ4n) is 4.21. The summed E-state index contributed by atoms with van der Waals surface area (Å²) >= 11 is 0. The SMILES string of the molecule is CCc1cccc(C2(NCC(O)C(Cc3cc(F)cc(F)c3)NC(=O)CCC(=O)N(C)C)CC2)c1. The van der Waals surface area contributed by atoms with Gasteiger partial charge in [-0.25, -0.2) is 8.78 Å². The second-order valence-corrected chi connectivity index (χ2v) is 9.53. The number of benzene rings is 2. The van der Waals surface area contributed by atoms with Crippen molar-refractivity contribution >= 4 is 11.8 Å². The summed E-state index contributed by atoms with van der Waals surface area (Å²) in [5.74, 6) is -2.03. The lowest BCUT2D eigenvalue weighted by molar-refractivity contribution is -0.131. The van der Waals surface area contributed by atoms with Gasteiger partial charge in [-0.1, -0.05) is 31.2 Å². The Labute approximate surface area is 205 Å². The van der Waals surface area contributed by atoms with Crippen LogP contribution in [0.4, 0.5) is 8.78 Å². The van der Waals surface area contributed by atoms with Crippen LogP contribution in [0.2, 0.25) is 0 Å². The normalized spacial score (nSPS) is 15.8. The van der Waals surface area contributed by atoms with Crippen molar-refractivity contribution in [2.75, 3.05) is 20.6 Å². The smallest absolute Gasteiger partial charge is 0.222 e. The van der Waals surface area contributed by atoms with Gasteiger partial charge in [0.1, 0.15) is 11.6 Å². The molecule has 190 valence electrons. The third kappa shape index (κ3) is 7.57. The Kier molecular flexibility index (Phi) is 8.97. The number of aliphatic hydroxyl groups excluding tert-OH is 1. The van der Waals surface area contributed by atoms with Gasteiger partial charge in [-0.05, 0) is 54.5 Å². The van der Waals surface area contributed by atoms with E-state index in [1.807, 2.05) is 6.07 Å². The summed E-state index contributed by atoms with van der Waals surface area (Å²) in [6.45, 7) is 2.29. The van der Waals surface area contributed by atoms with Crippen molar-refractivity contribution < 1.29 is 23.5 Å². The van der Waals surface area contributed by atoms with Crippen LogP contribution in [0.5, 0.6) is 0 Å². The van der Waals surface area contributed by atoms with Gasteiger partial charge < -0.3 is 20.6 Å². The molecule has 0 saturated heterocycles. The van der Waals surface area contributed by atoms with Crippen molar-refractivity contribution in [2.45, 2.75) is 63.1 Å². The number of amides is 2. The number of carbonyl (C=O) groups is 2. The Bertz CT molecular complexity index is 1020. The molecule has 0 heterocycles. The number of hydrogen-bond donors (Lipinski definition) is 3. The number of rotatable bonds is 12. The number of aryl methyl sites for hydroxylation is 1. The highest BCUT2D eigenvalue weighted by Crippen LogP contribution is 2.45. The minimum atomic E-state index is -1.01. The number of aliphatic hydroxyl groups is 1. The first kappa shape index (κ1) is 26.8. The quantitative estimate of drug-likeness (QED) is 0.430. The summed E-state index contributed by atoms with van der Waals surface area (Å²) in [7, 11) is 3.22.